The van der Waals surface area contributed by atoms with Gasteiger partial charge in [0, 0.05) is 32.0 Å². The lowest BCUT2D eigenvalue weighted by Crippen LogP contribution is -2.59. The van der Waals surface area contributed by atoms with Crippen LogP contribution >= 0.6 is 11.6 Å². The van der Waals surface area contributed by atoms with Crippen LogP contribution in [0.4, 0.5) is 0 Å². The number of amides is 1. The van der Waals surface area contributed by atoms with E-state index in [-0.39, 0.29) is 5.91 Å². The van der Waals surface area contributed by atoms with Crippen LogP contribution in [0.5, 0.6) is 0 Å². The largest absolute Gasteiger partial charge is 0.333 e. The molecule has 2 rings (SSSR count). The van der Waals surface area contributed by atoms with Crippen LogP contribution in [0.3, 0.4) is 0 Å². The van der Waals surface area contributed by atoms with Gasteiger partial charge in [0.15, 0.2) is 0 Å². The summed E-state index contributed by atoms with van der Waals surface area (Å²) < 4.78 is 0. The van der Waals surface area contributed by atoms with E-state index in [9.17, 15) is 4.79 Å². The molecule has 1 fully saturated rings. The Labute approximate surface area is 106 Å². The van der Waals surface area contributed by atoms with Crippen molar-refractivity contribution in [3.05, 3.63) is 29.0 Å². The van der Waals surface area contributed by atoms with Crippen LogP contribution in [0.25, 0.3) is 0 Å². The minimum absolute atomic E-state index is 0.00532. The molecule has 0 aliphatic carbocycles. The van der Waals surface area contributed by atoms with Crippen molar-refractivity contribution in [3.8, 4) is 0 Å². The van der Waals surface area contributed by atoms with Crippen molar-refractivity contribution in [3.63, 3.8) is 0 Å². The van der Waals surface area contributed by atoms with Crippen molar-refractivity contribution in [1.82, 2.24) is 15.2 Å². The van der Waals surface area contributed by atoms with Crippen LogP contribution in [0.15, 0.2) is 18.5 Å². The molecule has 0 saturated carbocycles. The molecule has 0 radical (unpaired) electrons. The predicted octanol–water partition coefficient (Wildman–Crippen LogP) is 1.56. The quantitative estimate of drug-likeness (QED) is 0.886. The van der Waals surface area contributed by atoms with Crippen LogP contribution in [-0.4, -0.2) is 41.5 Å². The normalized spacial score (nSPS) is 15.4. The number of carbonyl (C=O) groups excluding carboxylic acids is 1. The van der Waals surface area contributed by atoms with Crippen molar-refractivity contribution in [1.29, 1.82) is 0 Å². The van der Waals surface area contributed by atoms with Gasteiger partial charge in [0.05, 0.1) is 16.6 Å². The number of rotatable bonds is 4. The first-order valence-electron chi connectivity index (χ1n) is 5.85. The Hall–Kier alpha value is -1.13. The Morgan fingerprint density at radius 1 is 1.65 bits per heavy atom. The van der Waals surface area contributed by atoms with Gasteiger partial charge < -0.3 is 10.2 Å². The molecule has 0 aromatic carbocycles. The van der Waals surface area contributed by atoms with Crippen molar-refractivity contribution < 1.29 is 4.79 Å². The lowest BCUT2D eigenvalue weighted by molar-refractivity contribution is 0.0616. The van der Waals surface area contributed by atoms with Gasteiger partial charge in [-0.05, 0) is 12.5 Å². The molecule has 0 unspecified atom stereocenters. The van der Waals surface area contributed by atoms with Crippen LogP contribution in [0, 0.1) is 0 Å². The molecule has 1 aromatic heterocycles. The maximum atomic E-state index is 12.4. The molecular weight excluding hydrogens is 238 g/mol. The summed E-state index contributed by atoms with van der Waals surface area (Å²) in [5, 5.41) is 3.60. The molecule has 92 valence electrons. The molecule has 1 saturated heterocycles. The molecule has 1 N–H and O–H groups in total. The van der Waals surface area contributed by atoms with Crippen molar-refractivity contribution in [2.75, 3.05) is 19.6 Å². The SMILES string of the molecule is CCCN(C(=O)c1ccncc1Cl)C1CNC1. The monoisotopic (exact) mass is 253 g/mol. The van der Waals surface area contributed by atoms with Gasteiger partial charge in [-0.15, -0.1) is 0 Å². The summed E-state index contributed by atoms with van der Waals surface area (Å²) in [5.41, 5.74) is 0.544. The summed E-state index contributed by atoms with van der Waals surface area (Å²) in [5.74, 6) is 0.00532. The van der Waals surface area contributed by atoms with Gasteiger partial charge in [-0.25, -0.2) is 0 Å². The summed E-state index contributed by atoms with van der Waals surface area (Å²) in [7, 11) is 0. The molecule has 2 heterocycles. The van der Waals surface area contributed by atoms with E-state index in [0.29, 0.717) is 16.6 Å². The van der Waals surface area contributed by atoms with Crippen LogP contribution in [-0.2, 0) is 0 Å². The third kappa shape index (κ3) is 2.58. The first-order valence-corrected chi connectivity index (χ1v) is 6.23. The summed E-state index contributed by atoms with van der Waals surface area (Å²) >= 11 is 6.00. The van der Waals surface area contributed by atoms with Crippen LogP contribution in [0.1, 0.15) is 23.7 Å². The van der Waals surface area contributed by atoms with Gasteiger partial charge in [-0.3, -0.25) is 9.78 Å². The Bertz CT molecular complexity index is 406. The smallest absolute Gasteiger partial charge is 0.255 e. The van der Waals surface area contributed by atoms with Gasteiger partial charge in [0.1, 0.15) is 0 Å². The number of nitrogens with zero attached hydrogens (tertiary/aromatic N) is 2. The second-order valence-electron chi connectivity index (χ2n) is 4.17. The van der Waals surface area contributed by atoms with E-state index in [2.05, 4.69) is 17.2 Å². The maximum absolute atomic E-state index is 12.4. The van der Waals surface area contributed by atoms with Gasteiger partial charge >= 0.3 is 0 Å². The second-order valence-corrected chi connectivity index (χ2v) is 4.57. The van der Waals surface area contributed by atoms with Crippen molar-refractivity contribution >= 4 is 17.5 Å². The molecule has 0 spiro atoms. The third-order valence-corrected chi connectivity index (χ3v) is 3.23. The maximum Gasteiger partial charge on any atom is 0.255 e. The average Bonchev–Trinajstić information content (AvgIpc) is 2.26. The van der Waals surface area contributed by atoms with Gasteiger partial charge in [-0.1, -0.05) is 18.5 Å². The van der Waals surface area contributed by atoms with E-state index in [4.69, 9.17) is 11.6 Å². The van der Waals surface area contributed by atoms with Crippen LogP contribution in [0.2, 0.25) is 5.02 Å². The predicted molar refractivity (Wildman–Crippen MR) is 67.2 cm³/mol. The lowest BCUT2D eigenvalue weighted by Gasteiger charge is -2.38. The molecule has 0 atom stereocenters. The molecule has 1 amide bonds. The molecular formula is C12H16ClN3O. The zero-order valence-electron chi connectivity index (χ0n) is 9.82. The number of hydrogen-bond donors (Lipinski definition) is 1. The summed E-state index contributed by atoms with van der Waals surface area (Å²) in [6.45, 7) is 4.58. The molecule has 5 heteroatoms. The standard InChI is InChI=1S/C12H16ClN3O/c1-2-5-16(9-6-15-7-9)12(17)10-3-4-14-8-11(10)13/h3-4,8-9,15H,2,5-7H2,1H3. The summed E-state index contributed by atoms with van der Waals surface area (Å²) in [6, 6.07) is 1.98. The Balaban J connectivity index is 2.18. The first-order chi connectivity index (χ1) is 8.24. The average molecular weight is 254 g/mol. The van der Waals surface area contributed by atoms with E-state index >= 15 is 0 Å². The minimum atomic E-state index is 0.00532. The van der Waals surface area contributed by atoms with Gasteiger partial charge in [-0.2, -0.15) is 0 Å². The number of pyridine rings is 1. The highest BCUT2D eigenvalue weighted by Gasteiger charge is 2.29. The number of carbonyl (C=O) groups is 1. The van der Waals surface area contributed by atoms with Crippen LogP contribution < -0.4 is 5.32 Å². The van der Waals surface area contributed by atoms with E-state index in [1.165, 1.54) is 6.20 Å². The fourth-order valence-electron chi connectivity index (χ4n) is 1.89. The number of aromatic nitrogens is 1. The molecule has 1 aliphatic rings. The fourth-order valence-corrected chi connectivity index (χ4v) is 2.09. The van der Waals surface area contributed by atoms with E-state index in [1.54, 1.807) is 12.3 Å². The van der Waals surface area contributed by atoms with E-state index in [0.717, 1.165) is 26.1 Å². The van der Waals surface area contributed by atoms with Gasteiger partial charge in [0.25, 0.3) is 5.91 Å². The topological polar surface area (TPSA) is 45.2 Å². The summed E-state index contributed by atoms with van der Waals surface area (Å²) in [6.07, 6.45) is 4.06. The number of halogens is 1. The number of nitrogens with one attached hydrogen (secondary N) is 1. The second kappa shape index (κ2) is 5.47. The van der Waals surface area contributed by atoms with E-state index < -0.39 is 0 Å². The zero-order chi connectivity index (χ0) is 12.3. The van der Waals surface area contributed by atoms with Crippen molar-refractivity contribution in [2.24, 2.45) is 0 Å². The fraction of sp³-hybridized carbons (Fsp3) is 0.500. The Morgan fingerprint density at radius 2 is 2.41 bits per heavy atom. The third-order valence-electron chi connectivity index (χ3n) is 2.93. The molecule has 1 aromatic rings. The van der Waals surface area contributed by atoms with E-state index in [1.807, 2.05) is 4.90 Å². The number of hydrogen-bond acceptors (Lipinski definition) is 3. The highest BCUT2D eigenvalue weighted by atomic mass is 35.5. The summed E-state index contributed by atoms with van der Waals surface area (Å²) in [4.78, 5) is 18.2. The first kappa shape index (κ1) is 12.3. The lowest BCUT2D eigenvalue weighted by atomic mass is 10.1. The highest BCUT2D eigenvalue weighted by molar-refractivity contribution is 6.33. The minimum Gasteiger partial charge on any atom is -0.333 e. The van der Waals surface area contributed by atoms with Crippen molar-refractivity contribution in [2.45, 2.75) is 19.4 Å². The highest BCUT2D eigenvalue weighted by Crippen LogP contribution is 2.18. The zero-order valence-corrected chi connectivity index (χ0v) is 10.6. The molecule has 0 bridgehead atoms. The molecule has 1 aliphatic heterocycles. The Morgan fingerprint density at radius 3 is 2.94 bits per heavy atom. The Kier molecular flexibility index (Phi) is 3.97. The molecule has 4 nitrogen and oxygen atoms in total. The van der Waals surface area contributed by atoms with Gasteiger partial charge in [0.2, 0.25) is 0 Å². The molecule has 17 heavy (non-hydrogen) atoms.